The number of carbonyl (C=O) groups is 4. The van der Waals surface area contributed by atoms with Gasteiger partial charge in [-0.15, -0.1) is 0 Å². The maximum absolute atomic E-state index is 12.1. The molecule has 26 heavy (non-hydrogen) atoms. The Labute approximate surface area is 150 Å². The second-order valence-electron chi connectivity index (χ2n) is 7.37. The average Bonchev–Trinajstić information content (AvgIpc) is 2.74. The molecule has 2 aliphatic heterocycles. The highest BCUT2D eigenvalue weighted by atomic mass is 16.7. The van der Waals surface area contributed by atoms with E-state index in [1.165, 1.54) is 17.0 Å². The van der Waals surface area contributed by atoms with Crippen LogP contribution in [0.5, 0.6) is 0 Å². The van der Waals surface area contributed by atoms with E-state index < -0.39 is 29.5 Å². The van der Waals surface area contributed by atoms with Crippen LogP contribution in [0.3, 0.4) is 0 Å². The lowest BCUT2D eigenvalue weighted by Gasteiger charge is -2.39. The fraction of sp³-hybridized carbons (Fsp3) is 0.444. The number of hydroxylamine groups is 2. The summed E-state index contributed by atoms with van der Waals surface area (Å²) in [6.45, 7) is 6.07. The Kier molecular flexibility index (Phi) is 4.43. The van der Waals surface area contributed by atoms with Crippen molar-refractivity contribution >= 4 is 23.9 Å². The van der Waals surface area contributed by atoms with Crippen LogP contribution in [-0.4, -0.2) is 52.5 Å². The van der Waals surface area contributed by atoms with Gasteiger partial charge in [-0.3, -0.25) is 9.59 Å². The van der Waals surface area contributed by atoms with E-state index in [4.69, 9.17) is 9.57 Å². The number of hydrogen-bond acceptors (Lipinski definition) is 6. The van der Waals surface area contributed by atoms with Gasteiger partial charge in [0.15, 0.2) is 0 Å². The Morgan fingerprint density at radius 2 is 1.62 bits per heavy atom. The van der Waals surface area contributed by atoms with Gasteiger partial charge < -0.3 is 14.5 Å². The first kappa shape index (κ1) is 17.9. The predicted octanol–water partition coefficient (Wildman–Crippen LogP) is 2.00. The van der Waals surface area contributed by atoms with Crippen LogP contribution in [0.4, 0.5) is 4.79 Å². The van der Waals surface area contributed by atoms with Crippen LogP contribution in [0, 0.1) is 5.92 Å². The Morgan fingerprint density at radius 3 is 2.12 bits per heavy atom. The standard InChI is InChI=1S/C18H20N2O6/c1-18(2,3)25-17(24)19-9-11(10-19)8-14(21)26-20-15(22)12-6-4-5-7-13(12)16(20)23/h4-7,11H,8-10H2,1-3H3. The molecule has 1 aromatic rings. The lowest BCUT2D eigenvalue weighted by atomic mass is 9.97. The number of hydrogen-bond donors (Lipinski definition) is 0. The third kappa shape index (κ3) is 3.54. The SMILES string of the molecule is CC(C)(C)OC(=O)N1CC(CC(=O)ON2C(=O)c3ccccc3C2=O)C1. The number of amides is 3. The fourth-order valence-electron chi connectivity index (χ4n) is 2.80. The van der Waals surface area contributed by atoms with E-state index in [9.17, 15) is 19.2 Å². The van der Waals surface area contributed by atoms with Crippen molar-refractivity contribution in [3.63, 3.8) is 0 Å². The number of benzene rings is 1. The first-order valence-electron chi connectivity index (χ1n) is 8.32. The van der Waals surface area contributed by atoms with Gasteiger partial charge in [0.2, 0.25) is 0 Å². The topological polar surface area (TPSA) is 93.2 Å². The van der Waals surface area contributed by atoms with Crippen LogP contribution in [0.25, 0.3) is 0 Å². The van der Waals surface area contributed by atoms with Crippen LogP contribution in [0.15, 0.2) is 24.3 Å². The molecule has 0 atom stereocenters. The third-order valence-corrected chi connectivity index (χ3v) is 4.01. The molecule has 0 bridgehead atoms. The van der Waals surface area contributed by atoms with Crippen LogP contribution < -0.4 is 0 Å². The van der Waals surface area contributed by atoms with Crippen LogP contribution in [0.1, 0.15) is 47.9 Å². The highest BCUT2D eigenvalue weighted by Crippen LogP contribution is 2.25. The molecule has 1 fully saturated rings. The summed E-state index contributed by atoms with van der Waals surface area (Å²) in [5.41, 5.74) is -0.151. The van der Waals surface area contributed by atoms with Crippen molar-refractivity contribution in [2.24, 2.45) is 5.92 Å². The lowest BCUT2D eigenvalue weighted by Crippen LogP contribution is -2.52. The van der Waals surface area contributed by atoms with Crippen molar-refractivity contribution in [2.45, 2.75) is 32.8 Å². The highest BCUT2D eigenvalue weighted by Gasteiger charge is 2.40. The number of likely N-dealkylation sites (tertiary alicyclic amines) is 1. The van der Waals surface area contributed by atoms with Crippen LogP contribution in [0.2, 0.25) is 0 Å². The van der Waals surface area contributed by atoms with Crippen molar-refractivity contribution in [3.05, 3.63) is 35.4 Å². The third-order valence-electron chi connectivity index (χ3n) is 4.01. The fourth-order valence-corrected chi connectivity index (χ4v) is 2.80. The van der Waals surface area contributed by atoms with Crippen molar-refractivity contribution in [2.75, 3.05) is 13.1 Å². The predicted molar refractivity (Wildman–Crippen MR) is 88.9 cm³/mol. The molecule has 1 saturated heterocycles. The van der Waals surface area contributed by atoms with Gasteiger partial charge in [-0.05, 0) is 32.9 Å². The Morgan fingerprint density at radius 1 is 1.08 bits per heavy atom. The smallest absolute Gasteiger partial charge is 0.410 e. The van der Waals surface area contributed by atoms with Gasteiger partial charge in [0.05, 0.1) is 17.5 Å². The van der Waals surface area contributed by atoms with E-state index in [1.807, 2.05) is 0 Å². The molecule has 2 heterocycles. The molecule has 0 unspecified atom stereocenters. The van der Waals surface area contributed by atoms with Gasteiger partial charge in [-0.25, -0.2) is 9.59 Å². The summed E-state index contributed by atoms with van der Waals surface area (Å²) in [7, 11) is 0. The lowest BCUT2D eigenvalue weighted by molar-refractivity contribution is -0.171. The molecule has 0 saturated carbocycles. The van der Waals surface area contributed by atoms with E-state index in [0.717, 1.165) is 0 Å². The molecule has 3 rings (SSSR count). The second-order valence-corrected chi connectivity index (χ2v) is 7.37. The van der Waals surface area contributed by atoms with Gasteiger partial charge in [0.25, 0.3) is 11.8 Å². The van der Waals surface area contributed by atoms with E-state index in [2.05, 4.69) is 0 Å². The number of ether oxygens (including phenoxy) is 1. The summed E-state index contributed by atoms with van der Waals surface area (Å²) in [5, 5.41) is 0.497. The van der Waals surface area contributed by atoms with Crippen LogP contribution >= 0.6 is 0 Å². The molecule has 1 aromatic carbocycles. The van der Waals surface area contributed by atoms with Gasteiger partial charge in [-0.2, -0.15) is 0 Å². The van der Waals surface area contributed by atoms with Gasteiger partial charge in [-0.1, -0.05) is 17.2 Å². The van der Waals surface area contributed by atoms with Crippen LogP contribution in [-0.2, 0) is 14.4 Å². The quantitative estimate of drug-likeness (QED) is 0.766. The molecule has 8 nitrogen and oxygen atoms in total. The first-order chi connectivity index (χ1) is 12.2. The normalized spacial score (nSPS) is 17.0. The maximum Gasteiger partial charge on any atom is 0.410 e. The molecule has 0 aromatic heterocycles. The van der Waals surface area contributed by atoms with E-state index in [-0.39, 0.29) is 23.5 Å². The number of nitrogens with zero attached hydrogens (tertiary/aromatic N) is 2. The number of fused-ring (bicyclic) bond motifs is 1. The largest absolute Gasteiger partial charge is 0.444 e. The highest BCUT2D eigenvalue weighted by molar-refractivity contribution is 6.20. The molecular formula is C18H20N2O6. The summed E-state index contributed by atoms with van der Waals surface area (Å²) in [6.07, 6.45) is -0.422. The van der Waals surface area contributed by atoms with Crippen molar-refractivity contribution < 1.29 is 28.8 Å². The average molecular weight is 360 g/mol. The summed E-state index contributed by atoms with van der Waals surface area (Å²) in [5.74, 6) is -2.08. The summed E-state index contributed by atoms with van der Waals surface area (Å²) >= 11 is 0. The molecule has 138 valence electrons. The Hall–Kier alpha value is -2.90. The molecule has 0 aliphatic carbocycles. The zero-order valence-corrected chi connectivity index (χ0v) is 14.9. The van der Waals surface area contributed by atoms with Crippen molar-refractivity contribution in [1.29, 1.82) is 0 Å². The summed E-state index contributed by atoms with van der Waals surface area (Å²) < 4.78 is 5.24. The molecule has 3 amide bonds. The molecule has 8 heteroatoms. The van der Waals surface area contributed by atoms with Gasteiger partial charge >= 0.3 is 12.1 Å². The number of rotatable bonds is 3. The number of imide groups is 1. The Balaban J connectivity index is 1.49. The van der Waals surface area contributed by atoms with E-state index in [0.29, 0.717) is 18.2 Å². The molecular weight excluding hydrogens is 340 g/mol. The minimum atomic E-state index is -0.687. The minimum absolute atomic E-state index is 0.00665. The number of carbonyl (C=O) groups excluding carboxylic acids is 4. The van der Waals surface area contributed by atoms with Gasteiger partial charge in [0.1, 0.15) is 5.60 Å². The second kappa shape index (κ2) is 6.44. The van der Waals surface area contributed by atoms with Gasteiger partial charge in [0, 0.05) is 19.0 Å². The van der Waals surface area contributed by atoms with E-state index in [1.54, 1.807) is 32.9 Å². The molecule has 0 spiro atoms. The zero-order chi connectivity index (χ0) is 19.1. The molecule has 2 aliphatic rings. The monoisotopic (exact) mass is 360 g/mol. The molecule has 0 N–H and O–H groups in total. The minimum Gasteiger partial charge on any atom is -0.444 e. The maximum atomic E-state index is 12.1. The summed E-state index contributed by atoms with van der Waals surface area (Å²) in [6, 6.07) is 6.28. The Bertz CT molecular complexity index is 741. The summed E-state index contributed by atoms with van der Waals surface area (Å²) in [4.78, 5) is 54.6. The zero-order valence-electron chi connectivity index (χ0n) is 14.9. The first-order valence-corrected chi connectivity index (χ1v) is 8.32. The van der Waals surface area contributed by atoms with Crippen molar-refractivity contribution in [3.8, 4) is 0 Å². The molecule has 0 radical (unpaired) electrons. The van der Waals surface area contributed by atoms with E-state index >= 15 is 0 Å². The van der Waals surface area contributed by atoms with Crippen molar-refractivity contribution in [1.82, 2.24) is 9.96 Å².